The zero-order valence-corrected chi connectivity index (χ0v) is 12.4. The summed E-state index contributed by atoms with van der Waals surface area (Å²) < 4.78 is 10.4. The maximum absolute atomic E-state index is 9.61. The van der Waals surface area contributed by atoms with Crippen molar-refractivity contribution in [3.8, 4) is 11.5 Å². The Bertz CT molecular complexity index is 393. The maximum Gasteiger partial charge on any atom is 0.160 e. The number of hydrogen-bond acceptors (Lipinski definition) is 4. The minimum absolute atomic E-state index is 0.163. The molecule has 0 saturated carbocycles. The van der Waals surface area contributed by atoms with E-state index in [2.05, 4.69) is 26.1 Å². The minimum atomic E-state index is 0.163. The predicted molar refractivity (Wildman–Crippen MR) is 76.7 cm³/mol. The molecule has 0 aliphatic rings. The van der Waals surface area contributed by atoms with Crippen LogP contribution >= 0.6 is 0 Å². The van der Waals surface area contributed by atoms with E-state index in [1.807, 2.05) is 12.1 Å². The van der Waals surface area contributed by atoms with Crippen LogP contribution in [0.15, 0.2) is 18.2 Å². The second kappa shape index (κ2) is 7.36. The molecule has 0 amide bonds. The molecule has 0 heterocycles. The van der Waals surface area contributed by atoms with Crippen LogP contribution < -0.4 is 10.1 Å². The summed E-state index contributed by atoms with van der Waals surface area (Å²) in [5, 5.41) is 13.1. The van der Waals surface area contributed by atoms with Gasteiger partial charge in [-0.05, 0) is 30.5 Å². The van der Waals surface area contributed by atoms with Crippen LogP contribution in [0, 0.1) is 5.92 Å². The zero-order valence-electron chi connectivity index (χ0n) is 12.4. The first-order valence-corrected chi connectivity index (χ1v) is 6.61. The summed E-state index contributed by atoms with van der Waals surface area (Å²) in [5.74, 6) is 1.15. The molecule has 1 rings (SSSR count). The lowest BCUT2D eigenvalue weighted by Gasteiger charge is -2.26. The topological polar surface area (TPSA) is 50.7 Å². The number of phenols is 1. The van der Waals surface area contributed by atoms with Crippen LogP contribution in [0.2, 0.25) is 0 Å². The molecule has 2 N–H and O–H groups in total. The Hall–Kier alpha value is -1.26. The van der Waals surface area contributed by atoms with Crippen LogP contribution in [-0.2, 0) is 4.74 Å². The molecule has 4 heteroatoms. The van der Waals surface area contributed by atoms with Crippen LogP contribution in [0.25, 0.3) is 0 Å². The lowest BCUT2D eigenvalue weighted by molar-refractivity contribution is 0.141. The number of methoxy groups -OCH3 is 2. The molecule has 0 saturated heterocycles. The van der Waals surface area contributed by atoms with E-state index in [1.165, 1.54) is 0 Å². The fourth-order valence-corrected chi connectivity index (χ4v) is 1.99. The van der Waals surface area contributed by atoms with Crippen molar-refractivity contribution < 1.29 is 14.6 Å². The highest BCUT2D eigenvalue weighted by Gasteiger charge is 2.17. The Morgan fingerprint density at radius 1 is 1.21 bits per heavy atom. The first kappa shape index (κ1) is 15.8. The Kier molecular flexibility index (Phi) is 6.12. The van der Waals surface area contributed by atoms with Crippen LogP contribution in [0.3, 0.4) is 0 Å². The van der Waals surface area contributed by atoms with Crippen LogP contribution in [0.5, 0.6) is 11.5 Å². The number of rotatable bonds is 7. The van der Waals surface area contributed by atoms with Crippen LogP contribution in [-0.4, -0.2) is 32.0 Å². The van der Waals surface area contributed by atoms with E-state index in [0.717, 1.165) is 5.56 Å². The molecule has 1 aromatic carbocycles. The maximum atomic E-state index is 9.61. The van der Waals surface area contributed by atoms with Gasteiger partial charge < -0.3 is 19.9 Å². The van der Waals surface area contributed by atoms with Crippen molar-refractivity contribution in [1.29, 1.82) is 0 Å². The SMILES string of the molecule is COCC(NC(C)c1ccc(O)c(OC)c1)C(C)C. The summed E-state index contributed by atoms with van der Waals surface area (Å²) in [6.45, 7) is 7.11. The number of aromatic hydroxyl groups is 1. The summed E-state index contributed by atoms with van der Waals surface area (Å²) in [7, 11) is 3.27. The fraction of sp³-hybridized carbons (Fsp3) is 0.600. The molecule has 0 aliphatic heterocycles. The van der Waals surface area contributed by atoms with E-state index in [1.54, 1.807) is 20.3 Å². The third kappa shape index (κ3) is 4.40. The highest BCUT2D eigenvalue weighted by molar-refractivity contribution is 5.42. The molecule has 0 spiro atoms. The molecule has 0 radical (unpaired) electrons. The molecule has 2 unspecified atom stereocenters. The standard InChI is InChI=1S/C15H25NO3/c1-10(2)13(9-18-4)16-11(3)12-6-7-14(17)15(8-12)19-5/h6-8,10-11,13,16-17H,9H2,1-5H3. The zero-order chi connectivity index (χ0) is 14.4. The van der Waals surface area contributed by atoms with E-state index < -0.39 is 0 Å². The third-order valence-electron chi connectivity index (χ3n) is 3.32. The van der Waals surface area contributed by atoms with Crippen LogP contribution in [0.4, 0.5) is 0 Å². The molecule has 0 bridgehead atoms. The molecule has 2 atom stereocenters. The summed E-state index contributed by atoms with van der Waals surface area (Å²) in [6.07, 6.45) is 0. The molecular formula is C15H25NO3. The van der Waals surface area contributed by atoms with Crippen molar-refractivity contribution in [3.05, 3.63) is 23.8 Å². The number of phenolic OH excluding ortho intramolecular Hbond substituents is 1. The second-order valence-electron chi connectivity index (χ2n) is 5.13. The van der Waals surface area contributed by atoms with Crippen molar-refractivity contribution in [2.45, 2.75) is 32.9 Å². The highest BCUT2D eigenvalue weighted by atomic mass is 16.5. The Labute approximate surface area is 115 Å². The van der Waals surface area contributed by atoms with Gasteiger partial charge in [0.2, 0.25) is 0 Å². The summed E-state index contributed by atoms with van der Waals surface area (Å²) in [5.41, 5.74) is 1.08. The molecule has 19 heavy (non-hydrogen) atoms. The highest BCUT2D eigenvalue weighted by Crippen LogP contribution is 2.29. The lowest BCUT2D eigenvalue weighted by atomic mass is 10.0. The second-order valence-corrected chi connectivity index (χ2v) is 5.13. The van der Waals surface area contributed by atoms with Gasteiger partial charge in [0.15, 0.2) is 11.5 Å². The van der Waals surface area contributed by atoms with Gasteiger partial charge in [-0.3, -0.25) is 0 Å². The van der Waals surface area contributed by atoms with E-state index in [-0.39, 0.29) is 11.8 Å². The van der Waals surface area contributed by atoms with E-state index in [9.17, 15) is 5.11 Å². The summed E-state index contributed by atoms with van der Waals surface area (Å²) in [6, 6.07) is 5.88. The predicted octanol–water partition coefficient (Wildman–Crippen LogP) is 2.72. The van der Waals surface area contributed by atoms with E-state index >= 15 is 0 Å². The summed E-state index contributed by atoms with van der Waals surface area (Å²) >= 11 is 0. The van der Waals surface area contributed by atoms with Gasteiger partial charge >= 0.3 is 0 Å². The van der Waals surface area contributed by atoms with Crippen molar-refractivity contribution in [3.63, 3.8) is 0 Å². The number of hydrogen-bond donors (Lipinski definition) is 2. The van der Waals surface area contributed by atoms with Gasteiger partial charge in [-0.2, -0.15) is 0 Å². The molecule has 0 aromatic heterocycles. The number of nitrogens with one attached hydrogen (secondary N) is 1. The largest absolute Gasteiger partial charge is 0.504 e. The third-order valence-corrected chi connectivity index (χ3v) is 3.32. The Morgan fingerprint density at radius 2 is 1.89 bits per heavy atom. The van der Waals surface area contributed by atoms with Gasteiger partial charge in [0.05, 0.1) is 13.7 Å². The van der Waals surface area contributed by atoms with Gasteiger partial charge in [-0.1, -0.05) is 19.9 Å². The van der Waals surface area contributed by atoms with E-state index in [4.69, 9.17) is 9.47 Å². The lowest BCUT2D eigenvalue weighted by Crippen LogP contribution is -2.39. The van der Waals surface area contributed by atoms with Crippen molar-refractivity contribution in [1.82, 2.24) is 5.32 Å². The number of benzene rings is 1. The number of ether oxygens (including phenoxy) is 2. The molecule has 0 aliphatic carbocycles. The van der Waals surface area contributed by atoms with Gasteiger partial charge in [0.1, 0.15) is 0 Å². The molecule has 1 aromatic rings. The van der Waals surface area contributed by atoms with Gasteiger partial charge in [0, 0.05) is 19.2 Å². The first-order valence-electron chi connectivity index (χ1n) is 6.61. The molecule has 108 valence electrons. The average molecular weight is 267 g/mol. The van der Waals surface area contributed by atoms with Crippen molar-refractivity contribution >= 4 is 0 Å². The van der Waals surface area contributed by atoms with Crippen molar-refractivity contribution in [2.75, 3.05) is 20.8 Å². The fourth-order valence-electron chi connectivity index (χ4n) is 1.99. The van der Waals surface area contributed by atoms with Crippen LogP contribution in [0.1, 0.15) is 32.4 Å². The van der Waals surface area contributed by atoms with Gasteiger partial charge in [-0.15, -0.1) is 0 Å². The Morgan fingerprint density at radius 3 is 2.42 bits per heavy atom. The van der Waals surface area contributed by atoms with Gasteiger partial charge in [-0.25, -0.2) is 0 Å². The molecule has 0 fully saturated rings. The summed E-state index contributed by atoms with van der Waals surface area (Å²) in [4.78, 5) is 0. The molecule has 4 nitrogen and oxygen atoms in total. The molecular weight excluding hydrogens is 242 g/mol. The first-order chi connectivity index (χ1) is 8.99. The minimum Gasteiger partial charge on any atom is -0.504 e. The Balaban J connectivity index is 2.78. The van der Waals surface area contributed by atoms with E-state index in [0.29, 0.717) is 24.3 Å². The average Bonchev–Trinajstić information content (AvgIpc) is 2.38. The monoisotopic (exact) mass is 267 g/mol. The van der Waals surface area contributed by atoms with Gasteiger partial charge in [0.25, 0.3) is 0 Å². The normalized spacial score (nSPS) is 14.4. The smallest absolute Gasteiger partial charge is 0.160 e. The van der Waals surface area contributed by atoms with Crippen molar-refractivity contribution in [2.24, 2.45) is 5.92 Å². The quantitative estimate of drug-likeness (QED) is 0.797.